The fraction of sp³-hybridized carbons (Fsp3) is 0.182. The van der Waals surface area contributed by atoms with Gasteiger partial charge in [-0.25, -0.2) is 4.85 Å². The van der Waals surface area contributed by atoms with Crippen molar-refractivity contribution in [2.24, 2.45) is 0 Å². The molecule has 0 heterocycles. The molecule has 0 spiro atoms. The number of allylic oxidation sites excluding steroid dienone is 1. The highest BCUT2D eigenvalue weighted by molar-refractivity contribution is 5.54. The second-order valence-electron chi connectivity index (χ2n) is 2.81. The van der Waals surface area contributed by atoms with Gasteiger partial charge in [-0.05, 0) is 19.4 Å². The molecule has 1 heteroatoms. The molecular formula is C11H11N. The van der Waals surface area contributed by atoms with Gasteiger partial charge in [0.1, 0.15) is 0 Å². The molecule has 0 unspecified atom stereocenters. The Bertz CT molecular complexity index is 325. The molecular weight excluding hydrogens is 146 g/mol. The molecule has 0 saturated heterocycles. The van der Waals surface area contributed by atoms with E-state index in [9.17, 15) is 0 Å². The van der Waals surface area contributed by atoms with Crippen LogP contribution in [0.5, 0.6) is 0 Å². The second-order valence-corrected chi connectivity index (χ2v) is 2.81. The van der Waals surface area contributed by atoms with Crippen LogP contribution in [0, 0.1) is 13.5 Å². The summed E-state index contributed by atoms with van der Waals surface area (Å²) in [6.45, 7) is 10.6. The van der Waals surface area contributed by atoms with E-state index in [0.717, 1.165) is 11.3 Å². The van der Waals surface area contributed by atoms with Crippen molar-refractivity contribution in [3.63, 3.8) is 0 Å². The van der Waals surface area contributed by atoms with Crippen LogP contribution in [0.3, 0.4) is 0 Å². The Kier molecular flexibility index (Phi) is 2.66. The highest BCUT2D eigenvalue weighted by Gasteiger charge is 1.88. The van der Waals surface area contributed by atoms with Gasteiger partial charge in [0.05, 0.1) is 6.57 Å². The van der Waals surface area contributed by atoms with Crippen molar-refractivity contribution in [1.82, 2.24) is 0 Å². The topological polar surface area (TPSA) is 4.36 Å². The minimum Gasteiger partial charge on any atom is -0.243 e. The van der Waals surface area contributed by atoms with Crippen molar-refractivity contribution in [3.8, 4) is 0 Å². The molecule has 0 radical (unpaired) electrons. The van der Waals surface area contributed by atoms with Gasteiger partial charge in [-0.2, -0.15) is 0 Å². The molecule has 12 heavy (non-hydrogen) atoms. The molecule has 0 bridgehead atoms. The van der Waals surface area contributed by atoms with E-state index in [4.69, 9.17) is 6.57 Å². The fourth-order valence-corrected chi connectivity index (χ4v) is 0.936. The normalized spacial score (nSPS) is 10.9. The third-order valence-corrected chi connectivity index (χ3v) is 1.63. The summed E-state index contributed by atoms with van der Waals surface area (Å²) in [5, 5.41) is 0. The van der Waals surface area contributed by atoms with Crippen LogP contribution in [0.25, 0.3) is 10.9 Å². The van der Waals surface area contributed by atoms with E-state index < -0.39 is 0 Å². The average molecular weight is 157 g/mol. The highest BCUT2D eigenvalue weighted by atomic mass is 14.6. The lowest BCUT2D eigenvalue weighted by molar-refractivity contribution is 1.45. The first-order valence-electron chi connectivity index (χ1n) is 3.85. The van der Waals surface area contributed by atoms with Crippen LogP contribution in [0.2, 0.25) is 0 Å². The van der Waals surface area contributed by atoms with Crippen LogP contribution >= 0.6 is 0 Å². The Morgan fingerprint density at radius 2 is 1.92 bits per heavy atom. The number of hydrogen-bond acceptors (Lipinski definition) is 0. The molecule has 1 aromatic carbocycles. The van der Waals surface area contributed by atoms with Crippen LogP contribution in [0.4, 0.5) is 0 Å². The van der Waals surface area contributed by atoms with Crippen LogP contribution in [-0.2, 0) is 0 Å². The predicted molar refractivity (Wildman–Crippen MR) is 51.4 cm³/mol. The molecule has 0 aliphatic carbocycles. The fourth-order valence-electron chi connectivity index (χ4n) is 0.936. The van der Waals surface area contributed by atoms with Crippen molar-refractivity contribution in [3.05, 3.63) is 52.5 Å². The van der Waals surface area contributed by atoms with Gasteiger partial charge in [0.2, 0.25) is 0 Å². The van der Waals surface area contributed by atoms with Crippen molar-refractivity contribution < 1.29 is 0 Å². The number of rotatable bonds is 1. The first-order chi connectivity index (χ1) is 5.72. The second kappa shape index (κ2) is 3.73. The van der Waals surface area contributed by atoms with Crippen molar-refractivity contribution in [1.29, 1.82) is 0 Å². The standard InChI is InChI=1S/C11H11N/c1-9-4-6-11(7-5-9)8-10(2)12-3/h4-8H,1-2H3/b10-8-. The van der Waals surface area contributed by atoms with Gasteiger partial charge >= 0.3 is 0 Å². The van der Waals surface area contributed by atoms with E-state index in [1.165, 1.54) is 5.56 Å². The molecule has 0 saturated carbocycles. The van der Waals surface area contributed by atoms with E-state index in [1.54, 1.807) is 0 Å². The van der Waals surface area contributed by atoms with E-state index >= 15 is 0 Å². The molecule has 0 amide bonds. The molecule has 0 fully saturated rings. The molecule has 0 atom stereocenters. The molecule has 0 N–H and O–H groups in total. The third kappa shape index (κ3) is 2.25. The van der Waals surface area contributed by atoms with E-state index in [2.05, 4.69) is 11.8 Å². The summed E-state index contributed by atoms with van der Waals surface area (Å²) < 4.78 is 0. The van der Waals surface area contributed by atoms with Crippen LogP contribution in [0.1, 0.15) is 18.1 Å². The third-order valence-electron chi connectivity index (χ3n) is 1.63. The first-order valence-corrected chi connectivity index (χ1v) is 3.85. The Morgan fingerprint density at radius 1 is 1.33 bits per heavy atom. The van der Waals surface area contributed by atoms with E-state index in [-0.39, 0.29) is 0 Å². The summed E-state index contributed by atoms with van der Waals surface area (Å²) >= 11 is 0. The number of nitrogens with zero attached hydrogens (tertiary/aromatic N) is 1. The maximum atomic E-state index is 6.76. The van der Waals surface area contributed by atoms with Crippen molar-refractivity contribution >= 4 is 6.08 Å². The predicted octanol–water partition coefficient (Wildman–Crippen LogP) is 3.28. The smallest absolute Gasteiger partial charge is 0.163 e. The Morgan fingerprint density at radius 3 is 2.42 bits per heavy atom. The molecule has 1 rings (SSSR count). The van der Waals surface area contributed by atoms with Crippen LogP contribution in [-0.4, -0.2) is 0 Å². The van der Waals surface area contributed by atoms with Gasteiger partial charge in [0.25, 0.3) is 0 Å². The first kappa shape index (κ1) is 8.55. The monoisotopic (exact) mass is 157 g/mol. The summed E-state index contributed by atoms with van der Waals surface area (Å²) in [6.07, 6.45) is 1.88. The molecule has 1 nitrogen and oxygen atoms in total. The van der Waals surface area contributed by atoms with Gasteiger partial charge < -0.3 is 0 Å². The summed E-state index contributed by atoms with van der Waals surface area (Å²) in [5.41, 5.74) is 3.06. The summed E-state index contributed by atoms with van der Waals surface area (Å²) in [7, 11) is 0. The summed E-state index contributed by atoms with van der Waals surface area (Å²) in [6, 6.07) is 8.13. The van der Waals surface area contributed by atoms with Crippen LogP contribution in [0.15, 0.2) is 30.0 Å². The van der Waals surface area contributed by atoms with Gasteiger partial charge in [-0.1, -0.05) is 35.9 Å². The van der Waals surface area contributed by atoms with Gasteiger partial charge in [-0.3, -0.25) is 0 Å². The maximum Gasteiger partial charge on any atom is 0.163 e. The zero-order valence-electron chi connectivity index (χ0n) is 7.33. The molecule has 60 valence electrons. The molecule has 0 aliphatic heterocycles. The lowest BCUT2D eigenvalue weighted by Crippen LogP contribution is -1.74. The summed E-state index contributed by atoms with van der Waals surface area (Å²) in [4.78, 5) is 3.32. The number of benzene rings is 1. The van der Waals surface area contributed by atoms with Crippen molar-refractivity contribution in [2.75, 3.05) is 0 Å². The number of hydrogen-bond donors (Lipinski definition) is 0. The summed E-state index contributed by atoms with van der Waals surface area (Å²) in [5.74, 6) is 0. The van der Waals surface area contributed by atoms with Gasteiger partial charge in [0, 0.05) is 0 Å². The quantitative estimate of drug-likeness (QED) is 0.551. The molecule has 1 aromatic rings. The number of aryl methyl sites for hydroxylation is 1. The average Bonchev–Trinajstić information content (AvgIpc) is 2.09. The lowest BCUT2D eigenvalue weighted by Gasteiger charge is -1.94. The Balaban J connectivity index is 2.93. The zero-order valence-corrected chi connectivity index (χ0v) is 7.33. The van der Waals surface area contributed by atoms with E-state index in [1.807, 2.05) is 37.3 Å². The highest BCUT2D eigenvalue weighted by Crippen LogP contribution is 2.08. The Labute approximate surface area is 73.2 Å². The van der Waals surface area contributed by atoms with Gasteiger partial charge in [-0.15, -0.1) is 0 Å². The zero-order chi connectivity index (χ0) is 8.97. The van der Waals surface area contributed by atoms with Crippen LogP contribution < -0.4 is 0 Å². The Hall–Kier alpha value is -1.55. The molecule has 0 aromatic heterocycles. The minimum absolute atomic E-state index is 0.721. The largest absolute Gasteiger partial charge is 0.243 e. The SMILES string of the molecule is [C-]#[N+]/C(C)=C\c1ccc(C)cc1. The van der Waals surface area contributed by atoms with E-state index in [0.29, 0.717) is 0 Å². The molecule has 0 aliphatic rings. The van der Waals surface area contributed by atoms with Crippen molar-refractivity contribution in [2.45, 2.75) is 13.8 Å². The maximum absolute atomic E-state index is 6.76. The van der Waals surface area contributed by atoms with Gasteiger partial charge in [0.15, 0.2) is 5.70 Å². The minimum atomic E-state index is 0.721. The lowest BCUT2D eigenvalue weighted by atomic mass is 10.1.